The lowest BCUT2D eigenvalue weighted by Gasteiger charge is -1.98. The third-order valence-electron chi connectivity index (χ3n) is 1.07. The van der Waals surface area contributed by atoms with Crippen LogP contribution in [-0.2, 0) is 9.59 Å². The molecule has 1 atom stereocenters. The number of nitrogens with two attached hydrogens (primary N) is 1. The molecule has 0 bridgehead atoms. The summed E-state index contributed by atoms with van der Waals surface area (Å²) in [5, 5.41) is 8.26. The van der Waals surface area contributed by atoms with Crippen LogP contribution in [0.15, 0.2) is 0 Å². The largest absolute Gasteiger partial charge is 0.369 e. The van der Waals surface area contributed by atoms with Gasteiger partial charge in [-0.25, -0.2) is 0 Å². The molecule has 0 radical (unpaired) electrons. The van der Waals surface area contributed by atoms with E-state index in [0.717, 1.165) is 0 Å². The summed E-state index contributed by atoms with van der Waals surface area (Å²) in [4.78, 5) is 20.1. The number of rotatable bonds is 4. The Balaban J connectivity index is 3.75. The highest BCUT2D eigenvalue weighted by Gasteiger charge is 2.12. The Morgan fingerprint density at radius 3 is 2.70 bits per heavy atom. The summed E-state index contributed by atoms with van der Waals surface area (Å²) in [5.74, 6) is -1.48. The van der Waals surface area contributed by atoms with E-state index in [-0.39, 0.29) is 12.8 Å². The van der Waals surface area contributed by atoms with Crippen molar-refractivity contribution < 1.29 is 9.59 Å². The summed E-state index contributed by atoms with van der Waals surface area (Å²) in [6.07, 6.45) is 1.10. The van der Waals surface area contributed by atoms with E-state index in [1.807, 2.05) is 0 Å². The first-order valence-electron chi connectivity index (χ1n) is 2.85. The van der Waals surface area contributed by atoms with E-state index in [2.05, 4.69) is 0 Å². The molecule has 0 aliphatic carbocycles. The molecule has 0 aromatic heterocycles. The lowest BCUT2D eigenvalue weighted by Crippen LogP contribution is -2.21. The van der Waals surface area contributed by atoms with Crippen molar-refractivity contribution in [2.45, 2.75) is 12.8 Å². The van der Waals surface area contributed by atoms with Gasteiger partial charge in [-0.1, -0.05) is 0 Å². The van der Waals surface area contributed by atoms with E-state index in [0.29, 0.717) is 6.29 Å². The van der Waals surface area contributed by atoms with Gasteiger partial charge >= 0.3 is 0 Å². The minimum absolute atomic E-state index is 0.209. The van der Waals surface area contributed by atoms with Crippen LogP contribution in [0.1, 0.15) is 12.8 Å². The second-order valence-electron chi connectivity index (χ2n) is 1.83. The summed E-state index contributed by atoms with van der Waals surface area (Å²) in [6, 6.07) is 1.70. The van der Waals surface area contributed by atoms with Crippen molar-refractivity contribution in [1.29, 1.82) is 5.26 Å². The van der Waals surface area contributed by atoms with E-state index in [1.54, 1.807) is 6.07 Å². The van der Waals surface area contributed by atoms with Gasteiger partial charge in [-0.05, 0) is 6.42 Å². The van der Waals surface area contributed by atoms with Crippen molar-refractivity contribution in [3.8, 4) is 6.07 Å². The summed E-state index contributed by atoms with van der Waals surface area (Å²) in [6.45, 7) is 0. The Hall–Kier alpha value is -1.37. The normalized spacial score (nSPS) is 11.5. The molecule has 0 heterocycles. The fourth-order valence-electron chi connectivity index (χ4n) is 0.505. The fraction of sp³-hybridized carbons (Fsp3) is 0.500. The van der Waals surface area contributed by atoms with Gasteiger partial charge in [0.25, 0.3) is 0 Å². The Morgan fingerprint density at radius 2 is 2.40 bits per heavy atom. The topological polar surface area (TPSA) is 83.9 Å². The molecule has 1 unspecified atom stereocenters. The van der Waals surface area contributed by atoms with E-state index in [9.17, 15) is 9.59 Å². The minimum atomic E-state index is -0.815. The number of amides is 1. The van der Waals surface area contributed by atoms with Crippen LogP contribution in [0.3, 0.4) is 0 Å². The van der Waals surface area contributed by atoms with Gasteiger partial charge in [0.15, 0.2) is 0 Å². The van der Waals surface area contributed by atoms with Crippen LogP contribution in [0, 0.1) is 17.2 Å². The molecular weight excluding hydrogens is 132 g/mol. The van der Waals surface area contributed by atoms with E-state index < -0.39 is 11.8 Å². The first-order chi connectivity index (χ1) is 4.72. The van der Waals surface area contributed by atoms with Gasteiger partial charge in [0.1, 0.15) is 12.2 Å². The molecule has 4 heteroatoms. The van der Waals surface area contributed by atoms with Crippen molar-refractivity contribution in [2.24, 2.45) is 11.7 Å². The number of nitrogens with zero attached hydrogens (tertiary/aromatic N) is 1. The molecule has 0 fully saturated rings. The van der Waals surface area contributed by atoms with Crippen molar-refractivity contribution in [3.05, 3.63) is 0 Å². The van der Waals surface area contributed by atoms with Crippen molar-refractivity contribution in [2.75, 3.05) is 0 Å². The van der Waals surface area contributed by atoms with Gasteiger partial charge < -0.3 is 10.5 Å². The second-order valence-corrected chi connectivity index (χ2v) is 1.83. The summed E-state index contributed by atoms with van der Waals surface area (Å²) in [7, 11) is 0. The molecule has 2 N–H and O–H groups in total. The maximum atomic E-state index is 10.3. The van der Waals surface area contributed by atoms with Gasteiger partial charge in [0.05, 0.1) is 6.07 Å². The molecule has 0 aromatic carbocycles. The number of aldehydes is 1. The van der Waals surface area contributed by atoms with Crippen LogP contribution >= 0.6 is 0 Å². The molecule has 0 spiro atoms. The first-order valence-corrected chi connectivity index (χ1v) is 2.85. The Kier molecular flexibility index (Phi) is 3.89. The third kappa shape index (κ3) is 2.82. The highest BCUT2D eigenvalue weighted by Crippen LogP contribution is 2.01. The number of nitriles is 1. The Morgan fingerprint density at radius 1 is 1.80 bits per heavy atom. The highest BCUT2D eigenvalue weighted by atomic mass is 16.1. The van der Waals surface area contributed by atoms with Crippen LogP contribution in [0.2, 0.25) is 0 Å². The Labute approximate surface area is 58.6 Å². The molecule has 1 amide bonds. The molecule has 4 nitrogen and oxygen atoms in total. The van der Waals surface area contributed by atoms with Crippen LogP contribution in [0.4, 0.5) is 0 Å². The first kappa shape index (κ1) is 8.63. The zero-order valence-electron chi connectivity index (χ0n) is 5.41. The SMILES string of the molecule is N#CC(CCC=O)C(N)=O. The second kappa shape index (κ2) is 4.50. The van der Waals surface area contributed by atoms with Crippen molar-refractivity contribution >= 4 is 12.2 Å². The van der Waals surface area contributed by atoms with Crippen molar-refractivity contribution in [1.82, 2.24) is 0 Å². The third-order valence-corrected chi connectivity index (χ3v) is 1.07. The average Bonchev–Trinajstić information content (AvgIpc) is 1.89. The lowest BCUT2D eigenvalue weighted by molar-refractivity contribution is -0.120. The molecule has 10 heavy (non-hydrogen) atoms. The predicted octanol–water partition coefficient (Wildman–Crippen LogP) is -0.409. The van der Waals surface area contributed by atoms with Gasteiger partial charge in [-0.3, -0.25) is 4.79 Å². The summed E-state index contributed by atoms with van der Waals surface area (Å²) < 4.78 is 0. The number of primary amides is 1. The predicted molar refractivity (Wildman–Crippen MR) is 33.6 cm³/mol. The molecular formula is C6H8N2O2. The van der Waals surface area contributed by atoms with Crippen LogP contribution in [0.25, 0.3) is 0 Å². The molecule has 0 saturated heterocycles. The molecule has 0 saturated carbocycles. The van der Waals surface area contributed by atoms with E-state index in [4.69, 9.17) is 11.0 Å². The Bertz CT molecular complexity index is 171. The summed E-state index contributed by atoms with van der Waals surface area (Å²) >= 11 is 0. The minimum Gasteiger partial charge on any atom is -0.369 e. The molecule has 0 rings (SSSR count). The van der Waals surface area contributed by atoms with Gasteiger partial charge in [0.2, 0.25) is 5.91 Å². The lowest BCUT2D eigenvalue weighted by atomic mass is 10.1. The number of carbonyl (C=O) groups excluding carboxylic acids is 2. The molecule has 54 valence electrons. The van der Waals surface area contributed by atoms with Crippen LogP contribution < -0.4 is 5.73 Å². The molecule has 0 aliphatic heterocycles. The van der Waals surface area contributed by atoms with E-state index >= 15 is 0 Å². The standard InChI is InChI=1S/C6H8N2O2/c7-4-5(6(8)10)2-1-3-9/h3,5H,1-2H2,(H2,8,10). The average molecular weight is 140 g/mol. The summed E-state index contributed by atoms with van der Waals surface area (Å²) in [5.41, 5.74) is 4.81. The maximum Gasteiger partial charge on any atom is 0.234 e. The zero-order chi connectivity index (χ0) is 7.98. The monoisotopic (exact) mass is 140 g/mol. The van der Waals surface area contributed by atoms with Crippen molar-refractivity contribution in [3.63, 3.8) is 0 Å². The number of hydrogen-bond donors (Lipinski definition) is 1. The number of hydrogen-bond acceptors (Lipinski definition) is 3. The maximum absolute atomic E-state index is 10.3. The van der Waals surface area contributed by atoms with Crippen LogP contribution in [0.5, 0.6) is 0 Å². The molecule has 0 aliphatic rings. The quantitative estimate of drug-likeness (QED) is 0.539. The van der Waals surface area contributed by atoms with Gasteiger partial charge in [-0.2, -0.15) is 5.26 Å². The fourth-order valence-corrected chi connectivity index (χ4v) is 0.505. The smallest absolute Gasteiger partial charge is 0.234 e. The zero-order valence-corrected chi connectivity index (χ0v) is 5.41. The van der Waals surface area contributed by atoms with E-state index in [1.165, 1.54) is 0 Å². The molecule has 0 aromatic rings. The highest BCUT2D eigenvalue weighted by molar-refractivity contribution is 5.79. The number of carbonyl (C=O) groups is 2. The van der Waals surface area contributed by atoms with Gasteiger partial charge in [0, 0.05) is 6.42 Å². The van der Waals surface area contributed by atoms with Crippen LogP contribution in [-0.4, -0.2) is 12.2 Å². The van der Waals surface area contributed by atoms with Gasteiger partial charge in [-0.15, -0.1) is 0 Å².